The molecule has 8 heteroatoms. The number of alkyl halides is 1. The Morgan fingerprint density at radius 2 is 1.75 bits per heavy atom. The van der Waals surface area contributed by atoms with Gasteiger partial charge in [-0.15, -0.1) is 11.3 Å². The van der Waals surface area contributed by atoms with E-state index < -0.39 is 5.82 Å². The molecule has 0 amide bonds. The molecule has 0 unspecified atom stereocenters. The third kappa shape index (κ3) is 5.34. The summed E-state index contributed by atoms with van der Waals surface area (Å²) in [4.78, 5) is 15.8. The minimum absolute atomic E-state index is 0.0916. The molecule has 4 aromatic rings. The molecule has 5 rings (SSSR count). The monoisotopic (exact) mass is 509 g/mol. The van der Waals surface area contributed by atoms with E-state index in [4.69, 9.17) is 9.47 Å². The number of carbonyl (C=O) groups is 1. The van der Waals surface area contributed by atoms with Gasteiger partial charge in [0.1, 0.15) is 27.9 Å². The first-order valence-electron chi connectivity index (χ1n) is 11.7. The molecule has 1 saturated heterocycles. The fourth-order valence-electron chi connectivity index (χ4n) is 4.20. The van der Waals surface area contributed by atoms with Crippen molar-refractivity contribution in [3.05, 3.63) is 83.0 Å². The Bertz CT molecular complexity index is 1350. The Labute approximate surface area is 211 Å². The smallest absolute Gasteiger partial charge is 0.206 e. The molecular weight excluding hydrogens is 484 g/mol. The molecule has 2 heterocycles. The molecule has 1 N–H and O–H groups in total. The minimum atomic E-state index is -0.419. The molecular formula is C28H25F2NO4S. The largest absolute Gasteiger partial charge is 0.508 e. The van der Waals surface area contributed by atoms with Crippen LogP contribution in [0, 0.1) is 11.7 Å². The molecule has 1 aromatic heterocycles. The van der Waals surface area contributed by atoms with E-state index in [2.05, 4.69) is 4.90 Å². The molecule has 1 fully saturated rings. The van der Waals surface area contributed by atoms with Crippen molar-refractivity contribution in [2.24, 2.45) is 5.92 Å². The molecule has 0 bridgehead atoms. The van der Waals surface area contributed by atoms with E-state index in [1.54, 1.807) is 42.5 Å². The lowest BCUT2D eigenvalue weighted by molar-refractivity contribution is 0.0755. The van der Waals surface area contributed by atoms with Crippen LogP contribution in [0.4, 0.5) is 8.78 Å². The number of aromatic hydroxyl groups is 1. The van der Waals surface area contributed by atoms with Crippen molar-refractivity contribution >= 4 is 27.2 Å². The number of ketones is 1. The van der Waals surface area contributed by atoms with E-state index in [1.165, 1.54) is 35.6 Å². The van der Waals surface area contributed by atoms with E-state index >= 15 is 0 Å². The van der Waals surface area contributed by atoms with E-state index in [1.807, 2.05) is 0 Å². The number of thiophene rings is 1. The maximum atomic E-state index is 13.4. The normalized spacial score (nSPS) is 14.1. The fraction of sp³-hybridized carbons (Fsp3) is 0.250. The van der Waals surface area contributed by atoms with E-state index in [9.17, 15) is 18.7 Å². The van der Waals surface area contributed by atoms with Gasteiger partial charge in [0.15, 0.2) is 5.75 Å². The second-order valence-corrected chi connectivity index (χ2v) is 9.88. The molecule has 0 spiro atoms. The Morgan fingerprint density at radius 1 is 1.03 bits per heavy atom. The summed E-state index contributed by atoms with van der Waals surface area (Å²) >= 11 is 1.21. The highest BCUT2D eigenvalue weighted by Crippen LogP contribution is 2.42. The number of carbonyl (C=O) groups excluding carboxylic acids is 1. The topological polar surface area (TPSA) is 59.0 Å². The van der Waals surface area contributed by atoms with E-state index in [0.29, 0.717) is 44.4 Å². The molecule has 1 aliphatic heterocycles. The van der Waals surface area contributed by atoms with Crippen LogP contribution in [0.1, 0.15) is 21.7 Å². The number of likely N-dealkylation sites (tertiary alicyclic amines) is 1. The molecule has 0 aliphatic carbocycles. The lowest BCUT2D eigenvalue weighted by Gasteiger charge is -2.37. The summed E-state index contributed by atoms with van der Waals surface area (Å²) in [6, 6.07) is 17.4. The standard InChI is InChI=1S/C28H25F2NO4S/c29-15-18-16-31(17-18)12-1-13-34-22-7-9-23(10-8-22)35-27-24-11-6-21(32)14-25(24)36-28(27)26(33)19-2-4-20(30)5-3-19/h2-11,14,18,32H,1,12-13,15-17H2. The van der Waals surface area contributed by atoms with Crippen LogP contribution in [0.3, 0.4) is 0 Å². The zero-order valence-corrected chi connectivity index (χ0v) is 20.3. The molecule has 0 atom stereocenters. The molecule has 186 valence electrons. The summed E-state index contributed by atoms with van der Waals surface area (Å²) in [5.74, 6) is 1.20. The van der Waals surface area contributed by atoms with Crippen molar-refractivity contribution in [2.75, 3.05) is 32.9 Å². The van der Waals surface area contributed by atoms with Crippen molar-refractivity contribution in [3.63, 3.8) is 0 Å². The van der Waals surface area contributed by atoms with E-state index in [0.717, 1.165) is 26.1 Å². The van der Waals surface area contributed by atoms with Crippen LogP contribution in [0.5, 0.6) is 23.0 Å². The lowest BCUT2D eigenvalue weighted by Crippen LogP contribution is -2.48. The maximum absolute atomic E-state index is 13.4. The number of hydrogen-bond donors (Lipinski definition) is 1. The first-order valence-corrected chi connectivity index (χ1v) is 12.6. The molecule has 36 heavy (non-hydrogen) atoms. The highest BCUT2D eigenvalue weighted by Gasteiger charge is 2.25. The zero-order chi connectivity index (χ0) is 25.1. The second kappa shape index (κ2) is 10.6. The van der Waals surface area contributed by atoms with Gasteiger partial charge in [0.05, 0.1) is 13.3 Å². The second-order valence-electron chi connectivity index (χ2n) is 8.83. The van der Waals surface area contributed by atoms with Crippen molar-refractivity contribution in [3.8, 4) is 23.0 Å². The number of nitrogens with zero attached hydrogens (tertiary/aromatic N) is 1. The van der Waals surface area contributed by atoms with Gasteiger partial charge >= 0.3 is 0 Å². The number of phenols is 1. The van der Waals surface area contributed by atoms with Gasteiger partial charge in [0.2, 0.25) is 5.78 Å². The van der Waals surface area contributed by atoms with Crippen LogP contribution in [0.25, 0.3) is 10.1 Å². The summed E-state index contributed by atoms with van der Waals surface area (Å²) in [7, 11) is 0. The number of ether oxygens (including phenoxy) is 2. The third-order valence-corrected chi connectivity index (χ3v) is 7.26. The summed E-state index contributed by atoms with van der Waals surface area (Å²) < 4.78 is 38.6. The van der Waals surface area contributed by atoms with Crippen LogP contribution in [-0.2, 0) is 0 Å². The predicted octanol–water partition coefficient (Wildman–Crippen LogP) is 6.44. The van der Waals surface area contributed by atoms with Gasteiger partial charge < -0.3 is 19.5 Å². The van der Waals surface area contributed by atoms with Crippen molar-refractivity contribution in [1.29, 1.82) is 0 Å². The lowest BCUT2D eigenvalue weighted by atomic mass is 10.0. The Balaban J connectivity index is 1.28. The Kier molecular flexibility index (Phi) is 7.16. The summed E-state index contributed by atoms with van der Waals surface area (Å²) in [5, 5.41) is 10.6. The highest BCUT2D eigenvalue weighted by atomic mass is 32.1. The van der Waals surface area contributed by atoms with E-state index in [-0.39, 0.29) is 24.1 Å². The SMILES string of the molecule is O=C(c1ccc(F)cc1)c1sc2cc(O)ccc2c1Oc1ccc(OCCCN2CC(CF)C2)cc1. The van der Waals surface area contributed by atoms with Gasteiger partial charge in [0, 0.05) is 41.2 Å². The van der Waals surface area contributed by atoms with Crippen LogP contribution in [0.2, 0.25) is 0 Å². The van der Waals surface area contributed by atoms with Crippen LogP contribution in [-0.4, -0.2) is 48.7 Å². The average molecular weight is 510 g/mol. The Hall–Kier alpha value is -3.49. The van der Waals surface area contributed by atoms with Gasteiger partial charge in [-0.3, -0.25) is 9.18 Å². The number of halogens is 2. The first kappa shape index (κ1) is 24.2. The number of fused-ring (bicyclic) bond motifs is 1. The van der Waals surface area contributed by atoms with Crippen LogP contribution < -0.4 is 9.47 Å². The van der Waals surface area contributed by atoms with Crippen molar-refractivity contribution < 1.29 is 28.2 Å². The van der Waals surface area contributed by atoms with Crippen molar-refractivity contribution in [2.45, 2.75) is 6.42 Å². The minimum Gasteiger partial charge on any atom is -0.508 e. The molecule has 0 radical (unpaired) electrons. The first-order chi connectivity index (χ1) is 17.5. The molecule has 5 nitrogen and oxygen atoms in total. The molecule has 0 saturated carbocycles. The van der Waals surface area contributed by atoms with Crippen LogP contribution >= 0.6 is 11.3 Å². The Morgan fingerprint density at radius 3 is 2.47 bits per heavy atom. The van der Waals surface area contributed by atoms with Crippen molar-refractivity contribution in [1.82, 2.24) is 4.90 Å². The quantitative estimate of drug-likeness (QED) is 0.197. The van der Waals surface area contributed by atoms with Crippen LogP contribution in [0.15, 0.2) is 66.7 Å². The average Bonchev–Trinajstić information content (AvgIpc) is 3.21. The molecule has 3 aromatic carbocycles. The molecule has 1 aliphatic rings. The van der Waals surface area contributed by atoms with Gasteiger partial charge in [-0.2, -0.15) is 0 Å². The summed E-state index contributed by atoms with van der Waals surface area (Å²) in [6.07, 6.45) is 0.861. The van der Waals surface area contributed by atoms with Gasteiger partial charge in [-0.25, -0.2) is 4.39 Å². The maximum Gasteiger partial charge on any atom is 0.206 e. The number of benzene rings is 3. The predicted molar refractivity (Wildman–Crippen MR) is 136 cm³/mol. The number of phenolic OH excluding ortho intramolecular Hbond substituents is 1. The summed E-state index contributed by atoms with van der Waals surface area (Å²) in [5.41, 5.74) is 0.346. The zero-order valence-electron chi connectivity index (χ0n) is 19.5. The van der Waals surface area contributed by atoms with Gasteiger partial charge in [0.25, 0.3) is 0 Å². The van der Waals surface area contributed by atoms with Gasteiger partial charge in [-0.05, 0) is 73.2 Å². The van der Waals surface area contributed by atoms with Gasteiger partial charge in [-0.1, -0.05) is 0 Å². The third-order valence-electron chi connectivity index (χ3n) is 6.12. The number of rotatable bonds is 10. The highest BCUT2D eigenvalue weighted by molar-refractivity contribution is 7.21. The number of hydrogen-bond acceptors (Lipinski definition) is 6. The fourth-order valence-corrected chi connectivity index (χ4v) is 5.33. The summed E-state index contributed by atoms with van der Waals surface area (Å²) in [6.45, 7) is 2.86.